The smallest absolute Gasteiger partial charge is 0.272 e. The minimum absolute atomic E-state index is 0.103. The normalized spacial score (nSPS) is 19.0. The molecule has 1 fully saturated rings. The van der Waals surface area contributed by atoms with Gasteiger partial charge in [-0.1, -0.05) is 6.07 Å². The molecule has 1 saturated heterocycles. The van der Waals surface area contributed by atoms with Crippen molar-refractivity contribution >= 4 is 5.91 Å². The van der Waals surface area contributed by atoms with Gasteiger partial charge in [0.05, 0.1) is 5.69 Å². The number of aromatic amines is 1. The molecule has 2 aromatic rings. The monoisotopic (exact) mass is 299 g/mol. The number of nitrogens with zero attached hydrogens (tertiary/aromatic N) is 3. The van der Waals surface area contributed by atoms with Crippen LogP contribution in [0.2, 0.25) is 0 Å². The number of piperidine rings is 1. The molecule has 2 aromatic heterocycles. The van der Waals surface area contributed by atoms with Gasteiger partial charge >= 0.3 is 0 Å². The molecule has 6 heteroatoms. The van der Waals surface area contributed by atoms with Crippen molar-refractivity contribution in [2.45, 2.75) is 32.4 Å². The van der Waals surface area contributed by atoms with Crippen molar-refractivity contribution in [2.24, 2.45) is 0 Å². The Labute approximate surface area is 129 Å². The first-order valence-corrected chi connectivity index (χ1v) is 7.66. The van der Waals surface area contributed by atoms with E-state index in [2.05, 4.69) is 25.4 Å². The number of carbonyl (C=O) groups excluding carboxylic acids is 1. The highest BCUT2D eigenvalue weighted by Gasteiger charge is 2.22. The summed E-state index contributed by atoms with van der Waals surface area (Å²) >= 11 is 0. The van der Waals surface area contributed by atoms with Crippen molar-refractivity contribution in [3.63, 3.8) is 0 Å². The van der Waals surface area contributed by atoms with Gasteiger partial charge in [0.15, 0.2) is 0 Å². The van der Waals surface area contributed by atoms with Crippen molar-refractivity contribution in [2.75, 3.05) is 13.1 Å². The molecule has 1 amide bonds. The van der Waals surface area contributed by atoms with E-state index >= 15 is 0 Å². The fourth-order valence-corrected chi connectivity index (χ4v) is 2.83. The molecule has 1 aliphatic rings. The lowest BCUT2D eigenvalue weighted by Crippen LogP contribution is -2.47. The summed E-state index contributed by atoms with van der Waals surface area (Å²) in [6.07, 6.45) is 3.91. The predicted octanol–water partition coefficient (Wildman–Crippen LogP) is 1.51. The molecular weight excluding hydrogens is 278 g/mol. The summed E-state index contributed by atoms with van der Waals surface area (Å²) in [5.74, 6) is -0.103. The zero-order chi connectivity index (χ0) is 15.4. The van der Waals surface area contributed by atoms with Crippen LogP contribution in [0.15, 0.2) is 30.5 Å². The minimum Gasteiger partial charge on any atom is -0.347 e. The number of hydrogen-bond donors (Lipinski definition) is 2. The lowest BCUT2D eigenvalue weighted by atomic mass is 10.1. The number of aromatic nitrogens is 3. The number of carbonyl (C=O) groups is 1. The summed E-state index contributed by atoms with van der Waals surface area (Å²) in [5, 5.41) is 9.89. The first kappa shape index (κ1) is 14.7. The van der Waals surface area contributed by atoms with E-state index in [9.17, 15) is 4.79 Å². The highest BCUT2D eigenvalue weighted by molar-refractivity contribution is 5.92. The van der Waals surface area contributed by atoms with Crippen molar-refractivity contribution in [1.29, 1.82) is 0 Å². The van der Waals surface area contributed by atoms with Gasteiger partial charge in [-0.2, -0.15) is 5.10 Å². The number of H-pyrrole nitrogens is 1. The Balaban J connectivity index is 1.55. The van der Waals surface area contributed by atoms with Crippen LogP contribution in [0.5, 0.6) is 0 Å². The Bertz CT molecular complexity index is 624. The van der Waals surface area contributed by atoms with Crippen LogP contribution in [-0.4, -0.2) is 45.1 Å². The largest absolute Gasteiger partial charge is 0.347 e. The second-order valence-electron chi connectivity index (χ2n) is 5.81. The SMILES string of the molecule is Cc1cc(C(=O)NC2CCCN(Cc3ccccn3)C2)n[nH]1. The summed E-state index contributed by atoms with van der Waals surface area (Å²) in [6, 6.07) is 7.90. The number of amides is 1. The molecule has 116 valence electrons. The molecule has 0 bridgehead atoms. The zero-order valence-corrected chi connectivity index (χ0v) is 12.7. The number of nitrogens with one attached hydrogen (secondary N) is 2. The summed E-state index contributed by atoms with van der Waals surface area (Å²) < 4.78 is 0. The van der Waals surface area contributed by atoms with E-state index in [1.807, 2.05) is 31.3 Å². The molecule has 22 heavy (non-hydrogen) atoms. The lowest BCUT2D eigenvalue weighted by molar-refractivity contribution is 0.0895. The molecule has 3 heterocycles. The number of aryl methyl sites for hydroxylation is 1. The van der Waals surface area contributed by atoms with E-state index in [0.29, 0.717) is 5.69 Å². The number of likely N-dealkylation sites (tertiary alicyclic amines) is 1. The van der Waals surface area contributed by atoms with Crippen molar-refractivity contribution in [3.05, 3.63) is 47.5 Å². The van der Waals surface area contributed by atoms with Crippen molar-refractivity contribution in [1.82, 2.24) is 25.4 Å². The topological polar surface area (TPSA) is 73.9 Å². The van der Waals surface area contributed by atoms with Gasteiger partial charge in [0.1, 0.15) is 5.69 Å². The molecule has 0 radical (unpaired) electrons. The molecule has 0 aliphatic carbocycles. The van der Waals surface area contributed by atoms with Crippen molar-refractivity contribution < 1.29 is 4.79 Å². The summed E-state index contributed by atoms with van der Waals surface area (Å²) in [7, 11) is 0. The van der Waals surface area contributed by atoms with Crippen LogP contribution < -0.4 is 5.32 Å². The fraction of sp³-hybridized carbons (Fsp3) is 0.438. The van der Waals surface area contributed by atoms with Gasteiger partial charge in [-0.25, -0.2) is 0 Å². The summed E-state index contributed by atoms with van der Waals surface area (Å²) in [4.78, 5) is 18.9. The number of hydrogen-bond acceptors (Lipinski definition) is 4. The van der Waals surface area contributed by atoms with Crippen LogP contribution in [-0.2, 0) is 6.54 Å². The van der Waals surface area contributed by atoms with Gasteiger partial charge in [0.25, 0.3) is 5.91 Å². The Morgan fingerprint density at radius 3 is 3.14 bits per heavy atom. The fourth-order valence-electron chi connectivity index (χ4n) is 2.83. The van der Waals surface area contributed by atoms with Crippen LogP contribution >= 0.6 is 0 Å². The second-order valence-corrected chi connectivity index (χ2v) is 5.81. The average Bonchev–Trinajstić information content (AvgIpc) is 2.95. The zero-order valence-electron chi connectivity index (χ0n) is 12.7. The highest BCUT2D eigenvalue weighted by Crippen LogP contribution is 2.13. The number of rotatable bonds is 4. The molecule has 3 rings (SSSR count). The number of pyridine rings is 1. The standard InChI is InChI=1S/C16H21N5O/c1-12-9-15(20-19-12)16(22)18-14-6-4-8-21(11-14)10-13-5-2-3-7-17-13/h2-3,5,7,9,14H,4,6,8,10-11H2,1H3,(H,18,22)(H,19,20). The van der Waals surface area contributed by atoms with Crippen molar-refractivity contribution in [3.8, 4) is 0 Å². The average molecular weight is 299 g/mol. The van der Waals surface area contributed by atoms with Crippen LogP contribution in [0, 0.1) is 6.92 Å². The Morgan fingerprint density at radius 2 is 2.41 bits per heavy atom. The maximum atomic E-state index is 12.2. The van der Waals surface area contributed by atoms with Crippen LogP contribution in [0.1, 0.15) is 34.7 Å². The molecule has 0 aromatic carbocycles. The van der Waals surface area contributed by atoms with E-state index in [1.54, 1.807) is 6.07 Å². The van der Waals surface area contributed by atoms with Crippen LogP contribution in [0.25, 0.3) is 0 Å². The maximum absolute atomic E-state index is 12.2. The predicted molar refractivity (Wildman–Crippen MR) is 83.3 cm³/mol. The molecule has 0 spiro atoms. The van der Waals surface area contributed by atoms with E-state index in [0.717, 1.165) is 43.9 Å². The molecule has 1 atom stereocenters. The molecule has 2 N–H and O–H groups in total. The highest BCUT2D eigenvalue weighted by atomic mass is 16.2. The molecule has 6 nitrogen and oxygen atoms in total. The Kier molecular flexibility index (Phi) is 4.48. The van der Waals surface area contributed by atoms with E-state index < -0.39 is 0 Å². The van der Waals surface area contributed by atoms with Gasteiger partial charge in [-0.15, -0.1) is 0 Å². The van der Waals surface area contributed by atoms with Gasteiger partial charge < -0.3 is 5.32 Å². The van der Waals surface area contributed by atoms with Gasteiger partial charge in [0, 0.05) is 31.0 Å². The first-order valence-electron chi connectivity index (χ1n) is 7.66. The maximum Gasteiger partial charge on any atom is 0.272 e. The van der Waals surface area contributed by atoms with Gasteiger partial charge in [-0.05, 0) is 44.5 Å². The summed E-state index contributed by atoms with van der Waals surface area (Å²) in [5.41, 5.74) is 2.42. The van der Waals surface area contributed by atoms with Crippen LogP contribution in [0.4, 0.5) is 0 Å². The van der Waals surface area contributed by atoms with E-state index in [4.69, 9.17) is 0 Å². The van der Waals surface area contributed by atoms with Crippen LogP contribution in [0.3, 0.4) is 0 Å². The van der Waals surface area contributed by atoms with Gasteiger partial charge in [-0.3, -0.25) is 19.8 Å². The second kappa shape index (κ2) is 6.70. The molecule has 1 unspecified atom stereocenters. The third-order valence-corrected chi connectivity index (χ3v) is 3.89. The Morgan fingerprint density at radius 1 is 1.50 bits per heavy atom. The third-order valence-electron chi connectivity index (χ3n) is 3.89. The van der Waals surface area contributed by atoms with E-state index in [1.165, 1.54) is 0 Å². The van der Waals surface area contributed by atoms with E-state index in [-0.39, 0.29) is 11.9 Å². The van der Waals surface area contributed by atoms with Gasteiger partial charge in [0.2, 0.25) is 0 Å². The Hall–Kier alpha value is -2.21. The first-order chi connectivity index (χ1) is 10.7. The minimum atomic E-state index is -0.103. The molecular formula is C16H21N5O. The molecule has 1 aliphatic heterocycles. The summed E-state index contributed by atoms with van der Waals surface area (Å²) in [6.45, 7) is 4.61. The lowest BCUT2D eigenvalue weighted by Gasteiger charge is -2.32. The quantitative estimate of drug-likeness (QED) is 0.897. The third kappa shape index (κ3) is 3.71. The molecule has 0 saturated carbocycles.